The molecule has 0 saturated heterocycles. The molecule has 1 aromatic heterocycles. The van der Waals surface area contributed by atoms with Gasteiger partial charge in [-0.2, -0.15) is 0 Å². The minimum absolute atomic E-state index is 0.396. The minimum atomic E-state index is -0.926. The molecule has 0 radical (unpaired) electrons. The molecule has 4 heteroatoms. The summed E-state index contributed by atoms with van der Waals surface area (Å²) < 4.78 is 12.1. The maximum atomic E-state index is 10.2. The number of hydrogen-bond acceptors (Lipinski definition) is 3. The zero-order chi connectivity index (χ0) is 16.8. The molecular formula is C19H23BO3. The fourth-order valence-electron chi connectivity index (χ4n) is 2.60. The molecule has 0 spiro atoms. The highest BCUT2D eigenvalue weighted by molar-refractivity contribution is 6.51. The van der Waals surface area contributed by atoms with Crippen LogP contribution in [-0.4, -0.2) is 23.8 Å². The van der Waals surface area contributed by atoms with Gasteiger partial charge in [-0.25, -0.2) is 0 Å². The van der Waals surface area contributed by atoms with Crippen molar-refractivity contribution in [3.63, 3.8) is 0 Å². The smallest absolute Gasteiger partial charge is 0.313 e. The molecule has 1 heterocycles. The Hall–Kier alpha value is -1.78. The second kappa shape index (κ2) is 5.39. The van der Waals surface area contributed by atoms with Gasteiger partial charge in [-0.15, -0.1) is 0 Å². The van der Waals surface area contributed by atoms with Crippen LogP contribution in [0.15, 0.2) is 40.8 Å². The number of aryl methyl sites for hydroxylation is 1. The van der Waals surface area contributed by atoms with E-state index in [1.54, 1.807) is 13.8 Å². The van der Waals surface area contributed by atoms with E-state index in [0.29, 0.717) is 7.48 Å². The van der Waals surface area contributed by atoms with E-state index in [9.17, 15) is 5.11 Å². The van der Waals surface area contributed by atoms with Crippen molar-refractivity contribution < 1.29 is 14.2 Å². The van der Waals surface area contributed by atoms with Crippen LogP contribution >= 0.6 is 0 Å². The summed E-state index contributed by atoms with van der Waals surface area (Å²) in [5, 5.41) is 12.5. The van der Waals surface area contributed by atoms with E-state index in [4.69, 9.17) is 9.07 Å². The van der Waals surface area contributed by atoms with Gasteiger partial charge in [0.15, 0.2) is 0 Å². The molecular weight excluding hydrogens is 287 g/mol. The van der Waals surface area contributed by atoms with Gasteiger partial charge in [0.05, 0.1) is 11.2 Å². The topological polar surface area (TPSA) is 42.6 Å². The lowest BCUT2D eigenvalue weighted by molar-refractivity contribution is -0.0893. The summed E-state index contributed by atoms with van der Waals surface area (Å²) in [5.74, 6) is 0. The summed E-state index contributed by atoms with van der Waals surface area (Å²) in [6.07, 6.45) is 0. The van der Waals surface area contributed by atoms with Crippen LogP contribution in [-0.2, 0) is 4.65 Å². The number of furan rings is 1. The van der Waals surface area contributed by atoms with Gasteiger partial charge in [0.2, 0.25) is 0 Å². The van der Waals surface area contributed by atoms with Crippen LogP contribution in [0.5, 0.6) is 0 Å². The lowest BCUT2D eigenvalue weighted by Crippen LogP contribution is -2.49. The van der Waals surface area contributed by atoms with Gasteiger partial charge in [-0.05, 0) is 51.7 Å². The number of rotatable bonds is 4. The van der Waals surface area contributed by atoms with Crippen LogP contribution in [0.4, 0.5) is 0 Å². The van der Waals surface area contributed by atoms with Crippen molar-refractivity contribution in [3.8, 4) is 0 Å². The van der Waals surface area contributed by atoms with E-state index in [1.807, 2.05) is 38.1 Å². The van der Waals surface area contributed by atoms with E-state index in [-0.39, 0.29) is 0 Å². The number of aliphatic hydroxyl groups is 1. The molecule has 0 aliphatic heterocycles. The van der Waals surface area contributed by atoms with Gasteiger partial charge in [-0.3, -0.25) is 0 Å². The molecule has 23 heavy (non-hydrogen) atoms. The fourth-order valence-corrected chi connectivity index (χ4v) is 2.60. The Morgan fingerprint density at radius 2 is 1.74 bits per heavy atom. The lowest BCUT2D eigenvalue weighted by atomic mass is 9.81. The van der Waals surface area contributed by atoms with Crippen molar-refractivity contribution >= 4 is 34.9 Å². The summed E-state index contributed by atoms with van der Waals surface area (Å²) in [7, 11) is 0.396. The largest absolute Gasteiger partial charge is 0.457 e. The van der Waals surface area contributed by atoms with Crippen LogP contribution in [0.3, 0.4) is 0 Å². The highest BCUT2D eigenvalue weighted by Gasteiger charge is 2.35. The first-order valence-corrected chi connectivity index (χ1v) is 7.97. The Bertz CT molecular complexity index is 856. The van der Waals surface area contributed by atoms with Gasteiger partial charge in [0, 0.05) is 10.8 Å². The molecule has 2 aromatic carbocycles. The first kappa shape index (κ1) is 16.1. The Morgan fingerprint density at radius 3 is 2.43 bits per heavy atom. The van der Waals surface area contributed by atoms with Crippen LogP contribution < -0.4 is 5.46 Å². The van der Waals surface area contributed by atoms with Gasteiger partial charge < -0.3 is 14.2 Å². The number of fused-ring (bicyclic) bond motifs is 3. The van der Waals surface area contributed by atoms with Crippen LogP contribution in [0.2, 0.25) is 0 Å². The fraction of sp³-hybridized carbons (Fsp3) is 0.368. The molecule has 0 bridgehead atoms. The molecule has 120 valence electrons. The summed E-state index contributed by atoms with van der Waals surface area (Å²) in [5.41, 5.74) is 2.37. The normalized spacial score (nSPS) is 13.0. The average molecular weight is 310 g/mol. The van der Waals surface area contributed by atoms with E-state index < -0.39 is 11.2 Å². The SMILES string of the molecule is Cc1ccc(BOC(C)(C)C(C)(C)O)c2oc3ccccc3c12. The molecule has 0 aliphatic rings. The van der Waals surface area contributed by atoms with Crippen molar-refractivity contribution in [1.29, 1.82) is 0 Å². The summed E-state index contributed by atoms with van der Waals surface area (Å²) in [6, 6.07) is 12.2. The monoisotopic (exact) mass is 310 g/mol. The Balaban J connectivity index is 2.04. The predicted molar refractivity (Wildman–Crippen MR) is 96.7 cm³/mol. The molecule has 3 aromatic rings. The molecule has 0 aliphatic carbocycles. The first-order valence-electron chi connectivity index (χ1n) is 7.97. The van der Waals surface area contributed by atoms with Crippen molar-refractivity contribution in [1.82, 2.24) is 0 Å². The average Bonchev–Trinajstić information content (AvgIpc) is 2.85. The zero-order valence-corrected chi connectivity index (χ0v) is 14.4. The molecule has 0 unspecified atom stereocenters. The third-order valence-corrected chi connectivity index (χ3v) is 4.88. The highest BCUT2D eigenvalue weighted by Crippen LogP contribution is 2.30. The van der Waals surface area contributed by atoms with Gasteiger partial charge in [0.25, 0.3) is 0 Å². The molecule has 0 amide bonds. The quantitative estimate of drug-likeness (QED) is 0.751. The Kier molecular flexibility index (Phi) is 3.78. The molecule has 0 atom stereocenters. The van der Waals surface area contributed by atoms with E-state index >= 15 is 0 Å². The maximum Gasteiger partial charge on any atom is 0.313 e. The maximum absolute atomic E-state index is 10.2. The molecule has 1 N–H and O–H groups in total. The Morgan fingerprint density at radius 1 is 1.04 bits per heavy atom. The second-order valence-electron chi connectivity index (χ2n) is 7.20. The molecule has 3 rings (SSSR count). The predicted octanol–water partition coefficient (Wildman–Crippen LogP) is 3.44. The summed E-state index contributed by atoms with van der Waals surface area (Å²) >= 11 is 0. The molecule has 0 fully saturated rings. The van der Waals surface area contributed by atoms with E-state index in [0.717, 1.165) is 27.4 Å². The molecule has 3 nitrogen and oxygen atoms in total. The van der Waals surface area contributed by atoms with Gasteiger partial charge in [0.1, 0.15) is 11.2 Å². The van der Waals surface area contributed by atoms with Gasteiger partial charge >= 0.3 is 7.48 Å². The third-order valence-electron chi connectivity index (χ3n) is 4.88. The summed E-state index contributed by atoms with van der Waals surface area (Å²) in [6.45, 7) is 9.42. The van der Waals surface area contributed by atoms with E-state index in [1.165, 1.54) is 5.56 Å². The molecule has 0 saturated carbocycles. The van der Waals surface area contributed by atoms with Crippen molar-refractivity contribution in [2.75, 3.05) is 0 Å². The number of benzene rings is 2. The zero-order valence-electron chi connectivity index (χ0n) is 14.4. The van der Waals surface area contributed by atoms with Gasteiger partial charge in [-0.1, -0.05) is 30.3 Å². The Labute approximate surface area is 137 Å². The highest BCUT2D eigenvalue weighted by atomic mass is 16.5. The lowest BCUT2D eigenvalue weighted by Gasteiger charge is -2.37. The number of hydrogen-bond donors (Lipinski definition) is 1. The van der Waals surface area contributed by atoms with Crippen LogP contribution in [0.25, 0.3) is 21.9 Å². The summed E-state index contributed by atoms with van der Waals surface area (Å²) in [4.78, 5) is 0. The van der Waals surface area contributed by atoms with E-state index in [2.05, 4.69) is 19.1 Å². The van der Waals surface area contributed by atoms with Crippen molar-refractivity contribution in [2.24, 2.45) is 0 Å². The van der Waals surface area contributed by atoms with Crippen LogP contribution in [0, 0.1) is 6.92 Å². The number of para-hydroxylation sites is 1. The van der Waals surface area contributed by atoms with Crippen molar-refractivity contribution in [3.05, 3.63) is 42.0 Å². The second-order valence-corrected chi connectivity index (χ2v) is 7.20. The minimum Gasteiger partial charge on any atom is -0.457 e. The van der Waals surface area contributed by atoms with Crippen LogP contribution in [0.1, 0.15) is 33.3 Å². The third kappa shape index (κ3) is 2.77. The standard InChI is InChI=1S/C19H23BO3/c1-12-10-11-14(20-23-19(4,5)18(2,3)21)17-16(12)13-8-6-7-9-15(13)22-17/h6-11,20-21H,1-5H3. The van der Waals surface area contributed by atoms with Crippen molar-refractivity contribution in [2.45, 2.75) is 45.8 Å². The first-order chi connectivity index (χ1) is 10.7.